The van der Waals surface area contributed by atoms with E-state index in [-0.39, 0.29) is 17.4 Å². The van der Waals surface area contributed by atoms with Gasteiger partial charge in [0, 0.05) is 49.1 Å². The summed E-state index contributed by atoms with van der Waals surface area (Å²) in [6.07, 6.45) is 4.22. The van der Waals surface area contributed by atoms with Gasteiger partial charge in [-0.1, -0.05) is 47.7 Å². The molecule has 59 heavy (non-hydrogen) atoms. The van der Waals surface area contributed by atoms with Crippen molar-refractivity contribution in [2.24, 2.45) is 0 Å². The quantitative estimate of drug-likeness (QED) is 0.0774. The molecule has 0 radical (unpaired) electrons. The van der Waals surface area contributed by atoms with E-state index in [0.29, 0.717) is 52.2 Å². The number of aromatic amines is 1. The number of aryl methyl sites for hydroxylation is 2. The van der Waals surface area contributed by atoms with Crippen molar-refractivity contribution in [3.8, 4) is 16.2 Å². The van der Waals surface area contributed by atoms with Gasteiger partial charge in [-0.3, -0.25) is 4.79 Å². The van der Waals surface area contributed by atoms with Crippen molar-refractivity contribution in [2.45, 2.75) is 69.4 Å². The Balaban J connectivity index is 0.789. The molecule has 0 unspecified atom stereocenters. The summed E-state index contributed by atoms with van der Waals surface area (Å²) in [7, 11) is 0. The predicted octanol–water partition coefficient (Wildman–Crippen LogP) is 6.41. The molecule has 3 aromatic carbocycles. The van der Waals surface area contributed by atoms with E-state index in [9.17, 15) is 24.9 Å². The Morgan fingerprint density at radius 3 is 2.63 bits per heavy atom. The molecule has 12 nitrogen and oxygen atoms in total. The van der Waals surface area contributed by atoms with Gasteiger partial charge in [-0.15, -0.1) is 27.8 Å². The predicted molar refractivity (Wildman–Crippen MR) is 230 cm³/mol. The number of aromatic nitrogens is 4. The van der Waals surface area contributed by atoms with Crippen molar-refractivity contribution in [3.63, 3.8) is 0 Å². The van der Waals surface area contributed by atoms with Gasteiger partial charge in [-0.05, 0) is 115 Å². The second-order valence-electron chi connectivity index (χ2n) is 15.5. The Morgan fingerprint density at radius 1 is 0.983 bits per heavy atom. The summed E-state index contributed by atoms with van der Waals surface area (Å²) in [4.78, 5) is 32.8. The van der Waals surface area contributed by atoms with E-state index in [4.69, 9.17) is 4.74 Å². The number of aromatic hydroxyl groups is 1. The number of pyridine rings is 1. The molecule has 304 valence electrons. The second-order valence-corrected chi connectivity index (χ2v) is 17.5. The second kappa shape index (κ2) is 16.8. The number of H-pyrrole nitrogens is 1. The first-order valence-corrected chi connectivity index (χ1v) is 21.9. The van der Waals surface area contributed by atoms with Crippen LogP contribution in [0.1, 0.15) is 63.8 Å². The average molecular weight is 831 g/mol. The number of nitrogens with one attached hydrogen (secondary N) is 2. The van der Waals surface area contributed by atoms with Gasteiger partial charge in [-0.25, -0.2) is 9.48 Å². The van der Waals surface area contributed by atoms with Crippen molar-refractivity contribution in [1.29, 1.82) is 0 Å². The number of esters is 1. The molecule has 1 aliphatic carbocycles. The molecular formula is C45H46N6O6S2. The lowest BCUT2D eigenvalue weighted by Gasteiger charge is -2.33. The van der Waals surface area contributed by atoms with Crippen LogP contribution in [0.15, 0.2) is 95.1 Å². The molecule has 0 saturated carbocycles. The van der Waals surface area contributed by atoms with Crippen molar-refractivity contribution in [1.82, 2.24) is 30.2 Å². The lowest BCUT2D eigenvalue weighted by molar-refractivity contribution is -0.169. The summed E-state index contributed by atoms with van der Waals surface area (Å²) in [5.74, 6) is -0.656. The number of hydrogen-bond acceptors (Lipinski definition) is 12. The largest absolute Gasteiger partial charge is 0.506 e. The normalized spacial score (nSPS) is 16.4. The summed E-state index contributed by atoms with van der Waals surface area (Å²) in [5, 5.41) is 48.4. The maximum Gasteiger partial charge on any atom is 0.349 e. The van der Waals surface area contributed by atoms with E-state index in [1.165, 1.54) is 45.9 Å². The Hall–Kier alpha value is -5.22. The van der Waals surface area contributed by atoms with Gasteiger partial charge in [0.2, 0.25) is 11.2 Å². The van der Waals surface area contributed by atoms with Crippen molar-refractivity contribution < 1.29 is 24.9 Å². The minimum absolute atomic E-state index is 0.0349. The third-order valence-corrected chi connectivity index (χ3v) is 14.0. The zero-order valence-corrected chi connectivity index (χ0v) is 34.1. The van der Waals surface area contributed by atoms with Gasteiger partial charge in [0.15, 0.2) is 0 Å². The van der Waals surface area contributed by atoms with Crippen LogP contribution in [0.3, 0.4) is 0 Å². The van der Waals surface area contributed by atoms with Crippen LogP contribution >= 0.6 is 22.7 Å². The molecule has 14 heteroatoms. The van der Waals surface area contributed by atoms with Crippen molar-refractivity contribution >= 4 is 50.6 Å². The van der Waals surface area contributed by atoms with Gasteiger partial charge in [0.25, 0.3) is 0 Å². The fourth-order valence-electron chi connectivity index (χ4n) is 8.69. The van der Waals surface area contributed by atoms with E-state index in [0.717, 1.165) is 78.9 Å². The molecule has 1 fully saturated rings. The number of fused-ring (bicyclic) bond motifs is 4. The zero-order valence-electron chi connectivity index (χ0n) is 32.5. The van der Waals surface area contributed by atoms with Crippen LogP contribution in [0.4, 0.5) is 0 Å². The minimum atomic E-state index is -1.86. The molecule has 2 atom stereocenters. The molecule has 5 heterocycles. The summed E-state index contributed by atoms with van der Waals surface area (Å²) >= 11 is 2.76. The van der Waals surface area contributed by atoms with E-state index in [1.54, 1.807) is 18.2 Å². The third-order valence-electron chi connectivity index (χ3n) is 11.7. The van der Waals surface area contributed by atoms with Gasteiger partial charge in [0.1, 0.15) is 17.4 Å². The molecule has 9 rings (SSSR count). The number of rotatable bonds is 14. The van der Waals surface area contributed by atoms with Crippen LogP contribution in [0.25, 0.3) is 32.4 Å². The molecule has 1 saturated heterocycles. The summed E-state index contributed by atoms with van der Waals surface area (Å²) in [6, 6.07) is 25.7. The lowest BCUT2D eigenvalue weighted by Crippen LogP contribution is -2.43. The average Bonchev–Trinajstić information content (AvgIpc) is 4.10. The van der Waals surface area contributed by atoms with E-state index >= 15 is 0 Å². The first-order valence-electron chi connectivity index (χ1n) is 20.2. The molecule has 4 aromatic heterocycles. The highest BCUT2D eigenvalue weighted by molar-refractivity contribution is 7.16. The number of aliphatic hydroxyl groups excluding tert-OH is 1. The van der Waals surface area contributed by atoms with Crippen LogP contribution in [-0.4, -0.2) is 78.4 Å². The first-order chi connectivity index (χ1) is 28.8. The van der Waals surface area contributed by atoms with Crippen LogP contribution in [0, 0.1) is 0 Å². The molecular weight excluding hydrogens is 785 g/mol. The highest BCUT2D eigenvalue weighted by atomic mass is 32.1. The topological polar surface area (TPSA) is 166 Å². The number of phenolic OH excluding ortho intramolecular Hbond substituents is 1. The SMILES string of the molecule is O=C(OC1CCN(CCCn2nnc3cc(CNC[C@H](O)c4ccc(O)c5[nH]c(=O)ccc45)c4c(c32)CCC4)CC1)[C@](O)(c1cccs1)c1ccc(-c2ccccc2)s1. The number of ether oxygens (including phenoxy) is 1. The molecule has 0 amide bonds. The highest BCUT2D eigenvalue weighted by Crippen LogP contribution is 2.41. The Kier molecular flexibility index (Phi) is 11.2. The maximum absolute atomic E-state index is 13.8. The van der Waals surface area contributed by atoms with Gasteiger partial charge in [0.05, 0.1) is 26.9 Å². The molecule has 7 aromatic rings. The van der Waals surface area contributed by atoms with E-state index in [1.807, 2.05) is 53.9 Å². The number of aliphatic hydroxyl groups is 2. The number of phenols is 1. The minimum Gasteiger partial charge on any atom is -0.506 e. The van der Waals surface area contributed by atoms with Gasteiger partial charge >= 0.3 is 5.97 Å². The number of likely N-dealkylation sites (tertiary alicyclic amines) is 1. The Morgan fingerprint density at radius 2 is 1.81 bits per heavy atom. The van der Waals surface area contributed by atoms with E-state index < -0.39 is 17.7 Å². The van der Waals surface area contributed by atoms with E-state index in [2.05, 4.69) is 36.3 Å². The van der Waals surface area contributed by atoms with Crippen LogP contribution in [0.2, 0.25) is 0 Å². The lowest BCUT2D eigenvalue weighted by atomic mass is 9.99. The number of carbonyl (C=O) groups is 1. The van der Waals surface area contributed by atoms with Crippen molar-refractivity contribution in [3.05, 3.63) is 133 Å². The van der Waals surface area contributed by atoms with Crippen LogP contribution in [-0.2, 0) is 41.1 Å². The smallest absolute Gasteiger partial charge is 0.349 e. The summed E-state index contributed by atoms with van der Waals surface area (Å²) in [5.41, 5.74) is 5.58. The van der Waals surface area contributed by atoms with Gasteiger partial charge in [-0.2, -0.15) is 0 Å². The maximum atomic E-state index is 13.8. The number of hydrogen-bond donors (Lipinski definition) is 5. The number of nitrogens with zero attached hydrogens (tertiary/aromatic N) is 4. The number of benzene rings is 3. The monoisotopic (exact) mass is 830 g/mol. The van der Waals surface area contributed by atoms with Crippen molar-refractivity contribution in [2.75, 3.05) is 26.2 Å². The fraction of sp³-hybridized carbons (Fsp3) is 0.333. The number of carbonyl (C=O) groups excluding carboxylic acids is 1. The fourth-order valence-corrected chi connectivity index (χ4v) is 10.7. The van der Waals surface area contributed by atoms with Crippen LogP contribution < -0.4 is 10.9 Å². The Bertz CT molecular complexity index is 2650. The van der Waals surface area contributed by atoms with Gasteiger partial charge < -0.3 is 35.3 Å². The van der Waals surface area contributed by atoms with Crippen LogP contribution in [0.5, 0.6) is 5.75 Å². The molecule has 2 aliphatic rings. The molecule has 5 N–H and O–H groups in total. The number of piperidine rings is 1. The summed E-state index contributed by atoms with van der Waals surface area (Å²) < 4.78 is 8.13. The third kappa shape index (κ3) is 7.84. The Labute approximate surface area is 348 Å². The molecule has 0 spiro atoms. The highest BCUT2D eigenvalue weighted by Gasteiger charge is 2.45. The number of thiophene rings is 2. The standard InChI is InChI=1S/C45H46N6O6S2/c52-36-14-12-32(33-13-17-41(54)47-42(33)36)37(53)27-46-26-29-25-35-43(34-10-4-9-31(29)34)51(49-48-35)21-6-20-50-22-18-30(19-23-50)57-44(55)45(56,39-11-5-24-58-39)40-16-15-38(59-40)28-7-2-1-3-8-28/h1-3,5,7-8,11-17,24-25,30,37,46,52-53,56H,4,6,9-10,18-23,26-27H2,(H,47,54)/t37-,45-/m0/s1. The first kappa shape index (κ1) is 39.3. The zero-order chi connectivity index (χ0) is 40.5. The summed E-state index contributed by atoms with van der Waals surface area (Å²) in [6.45, 7) is 4.09. The molecule has 1 aliphatic heterocycles. The molecule has 0 bridgehead atoms.